The summed E-state index contributed by atoms with van der Waals surface area (Å²) in [5.74, 6) is 0.365. The monoisotopic (exact) mass is 267 g/mol. The van der Waals surface area contributed by atoms with Crippen molar-refractivity contribution in [2.75, 3.05) is 5.73 Å². The van der Waals surface area contributed by atoms with Crippen LogP contribution in [0.5, 0.6) is 0 Å². The highest BCUT2D eigenvalue weighted by atomic mass is 35.5. The molecule has 3 heterocycles. The van der Waals surface area contributed by atoms with Crippen LogP contribution in [0.4, 0.5) is 5.82 Å². The van der Waals surface area contributed by atoms with E-state index in [1.807, 2.05) is 4.57 Å². The zero-order valence-corrected chi connectivity index (χ0v) is 9.98. The molecule has 0 aliphatic rings. The van der Waals surface area contributed by atoms with E-state index in [4.69, 9.17) is 17.3 Å². The van der Waals surface area contributed by atoms with E-state index < -0.39 is 0 Å². The lowest BCUT2D eigenvalue weighted by Crippen LogP contribution is -2.00. The highest BCUT2D eigenvalue weighted by Crippen LogP contribution is 2.19. The van der Waals surface area contributed by atoms with Crippen molar-refractivity contribution in [3.05, 3.63) is 22.1 Å². The van der Waals surface area contributed by atoms with Crippen LogP contribution in [0.15, 0.2) is 12.7 Å². The number of anilines is 1. The lowest BCUT2D eigenvalue weighted by atomic mass is 10.5. The van der Waals surface area contributed by atoms with Crippen molar-refractivity contribution in [2.24, 2.45) is 0 Å². The molecule has 0 saturated carbocycles. The number of nitrogens with two attached hydrogens (primary N) is 1. The standard InChI is InChI=1S/C8H6ClN7S/c9-8-15-14-4(17-8)1-16-3-13-5-6(10)11-2-12-7(5)16/h2-3H,1H2,(H2,10,11,12). The summed E-state index contributed by atoms with van der Waals surface area (Å²) in [4.78, 5) is 12.2. The lowest BCUT2D eigenvalue weighted by molar-refractivity contribution is 0.791. The summed E-state index contributed by atoms with van der Waals surface area (Å²) in [7, 11) is 0. The molecule has 2 N–H and O–H groups in total. The van der Waals surface area contributed by atoms with Crippen LogP contribution in [-0.4, -0.2) is 29.7 Å². The third-order valence-corrected chi connectivity index (χ3v) is 3.18. The molecule has 0 amide bonds. The largest absolute Gasteiger partial charge is 0.382 e. The molecule has 0 atom stereocenters. The summed E-state index contributed by atoms with van der Waals surface area (Å²) >= 11 is 7.04. The number of imidazole rings is 1. The van der Waals surface area contributed by atoms with Crippen LogP contribution >= 0.6 is 22.9 Å². The Morgan fingerprint density at radius 1 is 1.29 bits per heavy atom. The van der Waals surface area contributed by atoms with Gasteiger partial charge in [0.05, 0.1) is 12.9 Å². The first kappa shape index (κ1) is 10.4. The first-order valence-electron chi connectivity index (χ1n) is 4.63. The van der Waals surface area contributed by atoms with E-state index >= 15 is 0 Å². The molecule has 0 aliphatic carbocycles. The number of halogens is 1. The number of hydrogen-bond acceptors (Lipinski definition) is 7. The van der Waals surface area contributed by atoms with Gasteiger partial charge in [0, 0.05) is 0 Å². The molecule has 0 fully saturated rings. The SMILES string of the molecule is Nc1ncnc2c1ncn2Cc1nnc(Cl)s1. The van der Waals surface area contributed by atoms with E-state index in [1.54, 1.807) is 6.33 Å². The van der Waals surface area contributed by atoms with Gasteiger partial charge in [0.1, 0.15) is 16.9 Å². The zero-order chi connectivity index (χ0) is 11.8. The average Bonchev–Trinajstić information content (AvgIpc) is 2.88. The second-order valence-corrected chi connectivity index (χ2v) is 4.90. The average molecular weight is 268 g/mol. The van der Waals surface area contributed by atoms with Gasteiger partial charge in [-0.15, -0.1) is 10.2 Å². The minimum atomic E-state index is 0.365. The first-order chi connectivity index (χ1) is 8.24. The quantitative estimate of drug-likeness (QED) is 0.743. The number of fused-ring (bicyclic) bond motifs is 1. The maximum atomic E-state index is 5.72. The minimum absolute atomic E-state index is 0.365. The summed E-state index contributed by atoms with van der Waals surface area (Å²) in [6.45, 7) is 0.511. The Bertz CT molecular complexity index is 675. The van der Waals surface area contributed by atoms with Gasteiger partial charge in [0.15, 0.2) is 11.5 Å². The van der Waals surface area contributed by atoms with Crippen LogP contribution in [0.1, 0.15) is 5.01 Å². The predicted octanol–water partition coefficient (Wildman–Crippen LogP) is 0.962. The molecule has 0 radical (unpaired) electrons. The van der Waals surface area contributed by atoms with E-state index in [1.165, 1.54) is 17.7 Å². The summed E-state index contributed by atoms with van der Waals surface area (Å²) in [6.07, 6.45) is 3.05. The van der Waals surface area contributed by atoms with Gasteiger partial charge in [-0.2, -0.15) is 0 Å². The molecule has 3 rings (SSSR count). The topological polar surface area (TPSA) is 95.4 Å². The summed E-state index contributed by atoms with van der Waals surface area (Å²) < 4.78 is 2.24. The summed E-state index contributed by atoms with van der Waals surface area (Å²) in [5, 5.41) is 8.45. The Kier molecular flexibility index (Phi) is 2.37. The lowest BCUT2D eigenvalue weighted by Gasteiger charge is -1.99. The Hall–Kier alpha value is -1.80. The van der Waals surface area contributed by atoms with E-state index in [-0.39, 0.29) is 0 Å². The first-order valence-corrected chi connectivity index (χ1v) is 5.82. The molecule has 0 bridgehead atoms. The molecular weight excluding hydrogens is 262 g/mol. The number of aromatic nitrogens is 6. The number of nitrogens with zero attached hydrogens (tertiary/aromatic N) is 6. The highest BCUT2D eigenvalue weighted by molar-refractivity contribution is 7.15. The van der Waals surface area contributed by atoms with E-state index in [0.29, 0.717) is 28.0 Å². The van der Waals surface area contributed by atoms with Crippen LogP contribution in [0.25, 0.3) is 11.2 Å². The fourth-order valence-corrected chi connectivity index (χ4v) is 2.32. The second kappa shape index (κ2) is 3.90. The second-order valence-electron chi connectivity index (χ2n) is 3.25. The zero-order valence-electron chi connectivity index (χ0n) is 8.41. The van der Waals surface area contributed by atoms with E-state index in [0.717, 1.165) is 5.01 Å². The number of hydrogen-bond donors (Lipinski definition) is 1. The maximum absolute atomic E-state index is 5.72. The normalized spacial score (nSPS) is 11.1. The molecule has 3 aromatic rings. The number of nitrogen functional groups attached to an aromatic ring is 1. The van der Waals surface area contributed by atoms with Crippen molar-refractivity contribution in [1.82, 2.24) is 29.7 Å². The fraction of sp³-hybridized carbons (Fsp3) is 0.125. The maximum Gasteiger partial charge on any atom is 0.207 e. The van der Waals surface area contributed by atoms with Crippen LogP contribution in [0.2, 0.25) is 4.47 Å². The van der Waals surface area contributed by atoms with Gasteiger partial charge in [-0.05, 0) is 11.6 Å². The van der Waals surface area contributed by atoms with Crippen LogP contribution < -0.4 is 5.73 Å². The molecule has 0 saturated heterocycles. The summed E-state index contributed by atoms with van der Waals surface area (Å²) in [6, 6.07) is 0. The van der Waals surface area contributed by atoms with Crippen molar-refractivity contribution in [1.29, 1.82) is 0 Å². The Balaban J connectivity index is 2.04. The Morgan fingerprint density at radius 2 is 2.18 bits per heavy atom. The van der Waals surface area contributed by atoms with Gasteiger partial charge >= 0.3 is 0 Å². The van der Waals surface area contributed by atoms with E-state index in [2.05, 4.69) is 25.1 Å². The number of rotatable bonds is 2. The van der Waals surface area contributed by atoms with Crippen molar-refractivity contribution in [3.63, 3.8) is 0 Å². The van der Waals surface area contributed by atoms with Crippen LogP contribution in [-0.2, 0) is 6.54 Å². The molecule has 0 spiro atoms. The molecule has 7 nitrogen and oxygen atoms in total. The Labute approximate surface area is 104 Å². The fourth-order valence-electron chi connectivity index (χ4n) is 1.46. The molecule has 0 aliphatic heterocycles. The highest BCUT2D eigenvalue weighted by Gasteiger charge is 2.10. The third kappa shape index (κ3) is 1.81. The van der Waals surface area contributed by atoms with Gasteiger partial charge in [0.2, 0.25) is 4.47 Å². The molecule has 0 aromatic carbocycles. The van der Waals surface area contributed by atoms with Gasteiger partial charge < -0.3 is 10.3 Å². The Morgan fingerprint density at radius 3 is 2.94 bits per heavy atom. The molecule has 9 heteroatoms. The van der Waals surface area contributed by atoms with Crippen molar-refractivity contribution < 1.29 is 0 Å². The molecule has 3 aromatic heterocycles. The predicted molar refractivity (Wildman–Crippen MR) is 63.8 cm³/mol. The van der Waals surface area contributed by atoms with Gasteiger partial charge in [0.25, 0.3) is 0 Å². The van der Waals surface area contributed by atoms with Crippen molar-refractivity contribution >= 4 is 39.9 Å². The molecule has 17 heavy (non-hydrogen) atoms. The minimum Gasteiger partial charge on any atom is -0.382 e. The van der Waals surface area contributed by atoms with Crippen molar-refractivity contribution in [2.45, 2.75) is 6.54 Å². The van der Waals surface area contributed by atoms with E-state index in [9.17, 15) is 0 Å². The van der Waals surface area contributed by atoms with Crippen molar-refractivity contribution in [3.8, 4) is 0 Å². The van der Waals surface area contributed by atoms with Crippen LogP contribution in [0.3, 0.4) is 0 Å². The van der Waals surface area contributed by atoms with Crippen LogP contribution in [0, 0.1) is 0 Å². The third-order valence-electron chi connectivity index (χ3n) is 2.18. The summed E-state index contributed by atoms with van der Waals surface area (Å²) in [5.41, 5.74) is 6.95. The molecule has 86 valence electrons. The molecular formula is C8H6ClN7S. The smallest absolute Gasteiger partial charge is 0.207 e. The van der Waals surface area contributed by atoms with Gasteiger partial charge in [-0.3, -0.25) is 0 Å². The van der Waals surface area contributed by atoms with Gasteiger partial charge in [-0.1, -0.05) is 11.3 Å². The van der Waals surface area contributed by atoms with Gasteiger partial charge in [-0.25, -0.2) is 15.0 Å². The molecule has 0 unspecified atom stereocenters.